The van der Waals surface area contributed by atoms with E-state index in [-0.39, 0.29) is 5.54 Å². The third kappa shape index (κ3) is 3.54. The number of anilines is 1. The van der Waals surface area contributed by atoms with Crippen molar-refractivity contribution < 1.29 is 0 Å². The van der Waals surface area contributed by atoms with Gasteiger partial charge in [0.1, 0.15) is 0 Å². The Morgan fingerprint density at radius 3 is 2.65 bits per heavy atom. The number of nitrogens with one attached hydrogen (secondary N) is 1. The lowest BCUT2D eigenvalue weighted by molar-refractivity contribution is 0.139. The number of hydrogen-bond donors (Lipinski definition) is 1. The maximum atomic E-state index is 3.71. The van der Waals surface area contributed by atoms with Crippen molar-refractivity contribution in [2.75, 3.05) is 38.1 Å². The first-order valence-corrected chi connectivity index (χ1v) is 8.18. The van der Waals surface area contributed by atoms with Crippen molar-refractivity contribution in [3.05, 3.63) is 28.2 Å². The van der Waals surface area contributed by atoms with Crippen LogP contribution in [0.4, 0.5) is 5.69 Å². The smallest absolute Gasteiger partial charge is 0.0378 e. The zero-order chi connectivity index (χ0) is 14.8. The summed E-state index contributed by atoms with van der Waals surface area (Å²) in [7, 11) is 2.22. The first-order valence-electron chi connectivity index (χ1n) is 7.39. The van der Waals surface area contributed by atoms with Gasteiger partial charge in [-0.3, -0.25) is 4.90 Å². The van der Waals surface area contributed by atoms with E-state index in [1.165, 1.54) is 15.7 Å². The van der Waals surface area contributed by atoms with Crippen LogP contribution in [-0.2, 0) is 6.54 Å². The van der Waals surface area contributed by atoms with Crippen LogP contribution in [0, 0.1) is 0 Å². The third-order valence-electron chi connectivity index (χ3n) is 4.28. The lowest BCUT2D eigenvalue weighted by atomic mass is 9.99. The van der Waals surface area contributed by atoms with Crippen LogP contribution in [0.25, 0.3) is 0 Å². The van der Waals surface area contributed by atoms with Crippen LogP contribution in [0.15, 0.2) is 22.7 Å². The van der Waals surface area contributed by atoms with Crippen molar-refractivity contribution >= 4 is 21.6 Å². The zero-order valence-electron chi connectivity index (χ0n) is 13.0. The summed E-state index contributed by atoms with van der Waals surface area (Å²) in [5.74, 6) is 0. The van der Waals surface area contributed by atoms with Crippen molar-refractivity contribution in [2.45, 2.75) is 32.9 Å². The van der Waals surface area contributed by atoms with Gasteiger partial charge < -0.3 is 10.2 Å². The molecule has 1 N–H and O–H groups in total. The average molecular weight is 340 g/mol. The minimum atomic E-state index is 0.229. The Hall–Kier alpha value is -0.580. The molecule has 112 valence electrons. The Kier molecular flexibility index (Phi) is 5.10. The molecule has 1 heterocycles. The normalized spacial score (nSPS) is 19.4. The van der Waals surface area contributed by atoms with Crippen LogP contribution in [0.5, 0.6) is 0 Å². The highest BCUT2D eigenvalue weighted by Gasteiger charge is 2.31. The van der Waals surface area contributed by atoms with Crippen LogP contribution in [0.3, 0.4) is 0 Å². The highest BCUT2D eigenvalue weighted by molar-refractivity contribution is 9.10. The molecule has 1 aromatic carbocycles. The molecule has 1 aliphatic rings. The number of hydrogen-bond acceptors (Lipinski definition) is 3. The summed E-state index contributed by atoms with van der Waals surface area (Å²) in [6.07, 6.45) is 0. The number of likely N-dealkylation sites (N-methyl/N-ethyl adjacent to an activating group) is 1. The zero-order valence-corrected chi connectivity index (χ0v) is 14.6. The molecule has 0 unspecified atom stereocenters. The predicted molar refractivity (Wildman–Crippen MR) is 90.4 cm³/mol. The summed E-state index contributed by atoms with van der Waals surface area (Å²) in [5, 5.41) is 3.37. The Balaban J connectivity index is 2.12. The maximum Gasteiger partial charge on any atom is 0.0378 e. The standard InChI is InChI=1S/C16H26BrN3/c1-5-18-11-13-6-7-14(10-15(13)17)20-9-8-19(4)16(2,3)12-20/h6-7,10,18H,5,8-9,11-12H2,1-4H3. The number of benzene rings is 1. The molecule has 0 saturated carbocycles. The van der Waals surface area contributed by atoms with Gasteiger partial charge in [-0.1, -0.05) is 28.9 Å². The molecule has 0 aromatic heterocycles. The molecule has 2 rings (SSSR count). The maximum absolute atomic E-state index is 3.71. The first kappa shape index (κ1) is 15.8. The highest BCUT2D eigenvalue weighted by Crippen LogP contribution is 2.28. The molecule has 0 spiro atoms. The van der Waals surface area contributed by atoms with Crippen LogP contribution in [0.1, 0.15) is 26.3 Å². The number of nitrogens with zero attached hydrogens (tertiary/aromatic N) is 2. The SMILES string of the molecule is CCNCc1ccc(N2CCN(C)C(C)(C)C2)cc1Br. The quantitative estimate of drug-likeness (QED) is 0.909. The number of piperazine rings is 1. The van der Waals surface area contributed by atoms with Gasteiger partial charge in [-0.25, -0.2) is 0 Å². The molecule has 4 heteroatoms. The lowest BCUT2D eigenvalue weighted by Crippen LogP contribution is -2.57. The van der Waals surface area contributed by atoms with Crippen molar-refractivity contribution in [2.24, 2.45) is 0 Å². The molecule has 20 heavy (non-hydrogen) atoms. The van der Waals surface area contributed by atoms with Crippen molar-refractivity contribution in [3.8, 4) is 0 Å². The topological polar surface area (TPSA) is 18.5 Å². The monoisotopic (exact) mass is 339 g/mol. The minimum absolute atomic E-state index is 0.229. The Labute approximate surface area is 131 Å². The van der Waals surface area contributed by atoms with Crippen molar-refractivity contribution in [1.29, 1.82) is 0 Å². The molecule has 0 atom stereocenters. The van der Waals surface area contributed by atoms with Crippen LogP contribution >= 0.6 is 15.9 Å². The molecule has 1 aromatic rings. The van der Waals surface area contributed by atoms with Gasteiger partial charge in [-0.05, 0) is 45.1 Å². The molecule has 0 bridgehead atoms. The predicted octanol–water partition coefficient (Wildman–Crippen LogP) is 3.09. The molecule has 0 amide bonds. The van der Waals surface area contributed by atoms with Gasteiger partial charge in [0, 0.05) is 41.9 Å². The minimum Gasteiger partial charge on any atom is -0.368 e. The molecule has 1 saturated heterocycles. The van der Waals surface area contributed by atoms with E-state index in [0.29, 0.717) is 0 Å². The van der Waals surface area contributed by atoms with Gasteiger partial charge in [-0.2, -0.15) is 0 Å². The lowest BCUT2D eigenvalue weighted by Gasteiger charge is -2.46. The molecule has 0 radical (unpaired) electrons. The first-order chi connectivity index (χ1) is 9.44. The molecule has 1 fully saturated rings. The van der Waals surface area contributed by atoms with Gasteiger partial charge in [0.25, 0.3) is 0 Å². The van der Waals surface area contributed by atoms with Gasteiger partial charge in [0.2, 0.25) is 0 Å². The number of halogens is 1. The van der Waals surface area contributed by atoms with Crippen LogP contribution in [-0.4, -0.2) is 43.7 Å². The van der Waals surface area contributed by atoms with Gasteiger partial charge in [0.15, 0.2) is 0 Å². The molecule has 0 aliphatic carbocycles. The Morgan fingerprint density at radius 1 is 1.30 bits per heavy atom. The average Bonchev–Trinajstić information content (AvgIpc) is 2.40. The summed E-state index contributed by atoms with van der Waals surface area (Å²) >= 11 is 3.71. The van der Waals surface area contributed by atoms with Gasteiger partial charge in [-0.15, -0.1) is 0 Å². The summed E-state index contributed by atoms with van der Waals surface area (Å²) in [4.78, 5) is 4.93. The van der Waals surface area contributed by atoms with E-state index >= 15 is 0 Å². The second-order valence-corrected chi connectivity index (χ2v) is 7.07. The fraction of sp³-hybridized carbons (Fsp3) is 0.625. The van der Waals surface area contributed by atoms with E-state index < -0.39 is 0 Å². The second kappa shape index (κ2) is 6.46. The van der Waals surface area contributed by atoms with E-state index in [1.807, 2.05) is 0 Å². The van der Waals surface area contributed by atoms with E-state index in [2.05, 4.69) is 77.1 Å². The van der Waals surface area contributed by atoms with Crippen molar-refractivity contribution in [3.63, 3.8) is 0 Å². The van der Waals surface area contributed by atoms with Crippen LogP contribution < -0.4 is 10.2 Å². The molecular weight excluding hydrogens is 314 g/mol. The van der Waals surface area contributed by atoms with Crippen molar-refractivity contribution in [1.82, 2.24) is 10.2 Å². The fourth-order valence-corrected chi connectivity index (χ4v) is 3.10. The largest absolute Gasteiger partial charge is 0.368 e. The third-order valence-corrected chi connectivity index (χ3v) is 5.02. The van der Waals surface area contributed by atoms with E-state index in [9.17, 15) is 0 Å². The summed E-state index contributed by atoms with van der Waals surface area (Å²) in [5.41, 5.74) is 2.87. The fourth-order valence-electron chi connectivity index (χ4n) is 2.60. The van der Waals surface area contributed by atoms with Crippen LogP contribution in [0.2, 0.25) is 0 Å². The van der Waals surface area contributed by atoms with E-state index in [0.717, 1.165) is 32.7 Å². The summed E-state index contributed by atoms with van der Waals surface area (Å²) in [6, 6.07) is 6.74. The van der Waals surface area contributed by atoms with E-state index in [4.69, 9.17) is 0 Å². The Bertz CT molecular complexity index is 459. The summed E-state index contributed by atoms with van der Waals surface area (Å²) in [6.45, 7) is 12.0. The summed E-state index contributed by atoms with van der Waals surface area (Å²) < 4.78 is 1.20. The van der Waals surface area contributed by atoms with Gasteiger partial charge >= 0.3 is 0 Å². The molecule has 1 aliphatic heterocycles. The number of rotatable bonds is 4. The molecule has 3 nitrogen and oxygen atoms in total. The van der Waals surface area contributed by atoms with E-state index in [1.54, 1.807) is 0 Å². The van der Waals surface area contributed by atoms with Gasteiger partial charge in [0.05, 0.1) is 0 Å². The highest BCUT2D eigenvalue weighted by atomic mass is 79.9. The second-order valence-electron chi connectivity index (χ2n) is 6.21. The Morgan fingerprint density at radius 2 is 2.05 bits per heavy atom. The molecular formula is C16H26BrN3.